The highest BCUT2D eigenvalue weighted by Gasteiger charge is 2.10. The minimum atomic E-state index is -0.372. The van der Waals surface area contributed by atoms with Gasteiger partial charge in [0.15, 0.2) is 5.76 Å². The molecule has 84 valence electrons. The van der Waals surface area contributed by atoms with Crippen LogP contribution in [0, 0.1) is 5.82 Å². The third-order valence-electron chi connectivity index (χ3n) is 2.11. The van der Waals surface area contributed by atoms with E-state index in [0.29, 0.717) is 22.9 Å². The maximum Gasteiger partial charge on any atom is 0.168 e. The molecule has 0 bridgehead atoms. The number of nitrogens with one attached hydrogen (secondary N) is 1. The van der Waals surface area contributed by atoms with Crippen LogP contribution in [0.3, 0.4) is 0 Å². The van der Waals surface area contributed by atoms with Crippen LogP contribution in [0.2, 0.25) is 5.02 Å². The largest absolute Gasteiger partial charge is 0.356 e. The maximum absolute atomic E-state index is 12.8. The number of aromatic nitrogens is 1. The SMILES string of the molecule is CNCc1cc(-c2ccc(F)cc2Cl)on1. The average Bonchev–Trinajstić information content (AvgIpc) is 2.67. The molecule has 0 aliphatic rings. The van der Waals surface area contributed by atoms with E-state index in [9.17, 15) is 4.39 Å². The van der Waals surface area contributed by atoms with E-state index in [-0.39, 0.29) is 5.82 Å². The monoisotopic (exact) mass is 240 g/mol. The second-order valence-corrected chi connectivity index (χ2v) is 3.74. The molecule has 0 aliphatic heterocycles. The van der Waals surface area contributed by atoms with Crippen LogP contribution < -0.4 is 5.32 Å². The lowest BCUT2D eigenvalue weighted by molar-refractivity contribution is 0.421. The highest BCUT2D eigenvalue weighted by molar-refractivity contribution is 6.33. The normalized spacial score (nSPS) is 10.7. The van der Waals surface area contributed by atoms with Crippen LogP contribution in [0.25, 0.3) is 11.3 Å². The zero-order chi connectivity index (χ0) is 11.5. The first-order valence-corrected chi connectivity index (χ1v) is 5.14. The van der Waals surface area contributed by atoms with Gasteiger partial charge in [-0.1, -0.05) is 16.8 Å². The Balaban J connectivity index is 2.35. The van der Waals surface area contributed by atoms with E-state index in [4.69, 9.17) is 16.1 Å². The van der Waals surface area contributed by atoms with E-state index in [1.165, 1.54) is 12.1 Å². The minimum Gasteiger partial charge on any atom is -0.356 e. The molecule has 0 radical (unpaired) electrons. The topological polar surface area (TPSA) is 38.1 Å². The molecular weight excluding hydrogens is 231 g/mol. The van der Waals surface area contributed by atoms with Gasteiger partial charge in [-0.05, 0) is 25.2 Å². The Morgan fingerprint density at radius 3 is 2.94 bits per heavy atom. The van der Waals surface area contributed by atoms with Gasteiger partial charge in [0, 0.05) is 18.2 Å². The molecule has 2 aromatic rings. The summed E-state index contributed by atoms with van der Waals surface area (Å²) in [5.41, 5.74) is 1.41. The van der Waals surface area contributed by atoms with Gasteiger partial charge in [0.25, 0.3) is 0 Å². The summed E-state index contributed by atoms with van der Waals surface area (Å²) in [7, 11) is 1.82. The van der Waals surface area contributed by atoms with Crippen molar-refractivity contribution < 1.29 is 8.91 Å². The highest BCUT2D eigenvalue weighted by Crippen LogP contribution is 2.28. The first-order valence-electron chi connectivity index (χ1n) is 4.76. The van der Waals surface area contributed by atoms with E-state index in [0.717, 1.165) is 5.69 Å². The Morgan fingerprint density at radius 1 is 1.44 bits per heavy atom. The molecule has 5 heteroatoms. The first kappa shape index (κ1) is 11.1. The van der Waals surface area contributed by atoms with Gasteiger partial charge in [0.1, 0.15) is 5.82 Å². The Bertz CT molecular complexity index is 498. The zero-order valence-corrected chi connectivity index (χ0v) is 9.38. The van der Waals surface area contributed by atoms with E-state index in [1.54, 1.807) is 12.1 Å². The van der Waals surface area contributed by atoms with Gasteiger partial charge in [0.05, 0.1) is 10.7 Å². The number of hydrogen-bond acceptors (Lipinski definition) is 3. The second-order valence-electron chi connectivity index (χ2n) is 3.34. The highest BCUT2D eigenvalue weighted by atomic mass is 35.5. The third kappa shape index (κ3) is 2.23. The average molecular weight is 241 g/mol. The van der Waals surface area contributed by atoms with E-state index in [2.05, 4.69) is 10.5 Å². The number of hydrogen-bond donors (Lipinski definition) is 1. The van der Waals surface area contributed by atoms with Gasteiger partial charge >= 0.3 is 0 Å². The summed E-state index contributed by atoms with van der Waals surface area (Å²) in [5.74, 6) is 0.166. The molecule has 0 amide bonds. The summed E-state index contributed by atoms with van der Waals surface area (Å²) in [6, 6.07) is 5.93. The molecule has 2 rings (SSSR count). The third-order valence-corrected chi connectivity index (χ3v) is 2.43. The summed E-state index contributed by atoms with van der Waals surface area (Å²) in [6.07, 6.45) is 0. The Morgan fingerprint density at radius 2 is 2.25 bits per heavy atom. The molecule has 0 saturated carbocycles. The molecule has 16 heavy (non-hydrogen) atoms. The van der Waals surface area contributed by atoms with Crippen LogP contribution in [0.15, 0.2) is 28.8 Å². The van der Waals surface area contributed by atoms with Crippen molar-refractivity contribution in [2.24, 2.45) is 0 Å². The van der Waals surface area contributed by atoms with Crippen molar-refractivity contribution in [2.45, 2.75) is 6.54 Å². The van der Waals surface area contributed by atoms with Gasteiger partial charge < -0.3 is 9.84 Å². The van der Waals surface area contributed by atoms with Crippen LogP contribution in [0.1, 0.15) is 5.69 Å². The lowest BCUT2D eigenvalue weighted by Gasteiger charge is -1.98. The molecule has 0 saturated heterocycles. The van der Waals surface area contributed by atoms with Crippen molar-refractivity contribution >= 4 is 11.6 Å². The fourth-order valence-electron chi connectivity index (χ4n) is 1.39. The Kier molecular flexibility index (Phi) is 3.22. The fourth-order valence-corrected chi connectivity index (χ4v) is 1.65. The fraction of sp³-hybridized carbons (Fsp3) is 0.182. The lowest BCUT2D eigenvalue weighted by atomic mass is 10.1. The number of nitrogens with zero attached hydrogens (tertiary/aromatic N) is 1. The predicted octanol–water partition coefficient (Wildman–Crippen LogP) is 2.85. The Hall–Kier alpha value is -1.39. The van der Waals surface area contributed by atoms with Crippen LogP contribution in [0.5, 0.6) is 0 Å². The van der Waals surface area contributed by atoms with Crippen molar-refractivity contribution in [3.63, 3.8) is 0 Å². The van der Waals surface area contributed by atoms with Gasteiger partial charge in [-0.25, -0.2) is 4.39 Å². The molecule has 0 spiro atoms. The molecule has 0 atom stereocenters. The standard InChI is InChI=1S/C11H10ClFN2O/c1-14-6-8-5-11(16-15-8)9-3-2-7(13)4-10(9)12/h2-5,14H,6H2,1H3. The number of benzene rings is 1. The maximum atomic E-state index is 12.8. The summed E-state index contributed by atoms with van der Waals surface area (Å²) in [6.45, 7) is 0.613. The molecule has 1 N–H and O–H groups in total. The lowest BCUT2D eigenvalue weighted by Crippen LogP contribution is -2.04. The van der Waals surface area contributed by atoms with E-state index < -0.39 is 0 Å². The van der Waals surface area contributed by atoms with Crippen LogP contribution in [-0.4, -0.2) is 12.2 Å². The molecule has 1 aromatic carbocycles. The molecule has 0 fully saturated rings. The zero-order valence-electron chi connectivity index (χ0n) is 8.63. The van der Waals surface area contributed by atoms with Gasteiger partial charge in [-0.2, -0.15) is 0 Å². The molecule has 0 aliphatic carbocycles. The summed E-state index contributed by atoms with van der Waals surface area (Å²) in [4.78, 5) is 0. The predicted molar refractivity (Wildman–Crippen MR) is 59.7 cm³/mol. The minimum absolute atomic E-state index is 0.312. The van der Waals surface area contributed by atoms with Crippen molar-refractivity contribution in [1.82, 2.24) is 10.5 Å². The van der Waals surface area contributed by atoms with Gasteiger partial charge in [-0.3, -0.25) is 0 Å². The second kappa shape index (κ2) is 4.63. The van der Waals surface area contributed by atoms with Crippen molar-refractivity contribution in [3.8, 4) is 11.3 Å². The van der Waals surface area contributed by atoms with Gasteiger partial charge in [-0.15, -0.1) is 0 Å². The van der Waals surface area contributed by atoms with Crippen molar-refractivity contribution in [2.75, 3.05) is 7.05 Å². The van der Waals surface area contributed by atoms with E-state index >= 15 is 0 Å². The number of rotatable bonds is 3. The molecular formula is C11H10ClFN2O. The smallest absolute Gasteiger partial charge is 0.168 e. The van der Waals surface area contributed by atoms with Crippen LogP contribution in [0.4, 0.5) is 4.39 Å². The molecule has 1 heterocycles. The molecule has 1 aromatic heterocycles. The molecule has 3 nitrogen and oxygen atoms in total. The quantitative estimate of drug-likeness (QED) is 0.897. The summed E-state index contributed by atoms with van der Waals surface area (Å²) in [5, 5.41) is 7.13. The van der Waals surface area contributed by atoms with E-state index in [1.807, 2.05) is 7.05 Å². The number of halogens is 2. The van der Waals surface area contributed by atoms with Crippen molar-refractivity contribution in [1.29, 1.82) is 0 Å². The van der Waals surface area contributed by atoms with Crippen LogP contribution in [-0.2, 0) is 6.54 Å². The molecule has 0 unspecified atom stereocenters. The Labute approximate surface area is 97.2 Å². The summed E-state index contributed by atoms with van der Waals surface area (Å²) >= 11 is 5.91. The van der Waals surface area contributed by atoms with Gasteiger partial charge in [0.2, 0.25) is 0 Å². The first-order chi connectivity index (χ1) is 7.70. The summed E-state index contributed by atoms with van der Waals surface area (Å²) < 4.78 is 18.0. The van der Waals surface area contributed by atoms with Crippen molar-refractivity contribution in [3.05, 3.63) is 40.8 Å². The van der Waals surface area contributed by atoms with Crippen LogP contribution >= 0.6 is 11.6 Å².